The number of ether oxygens (including phenoxy) is 1. The minimum atomic E-state index is -0.327. The maximum atomic E-state index is 12.2. The predicted octanol–water partition coefficient (Wildman–Crippen LogP) is 1.10. The van der Waals surface area contributed by atoms with Crippen molar-refractivity contribution in [2.45, 2.75) is 27.2 Å². The lowest BCUT2D eigenvalue weighted by molar-refractivity contribution is -0.122. The van der Waals surface area contributed by atoms with Crippen LogP contribution >= 0.6 is 11.3 Å². The number of carbonyl (C=O) groups is 2. The summed E-state index contributed by atoms with van der Waals surface area (Å²) in [5, 5.41) is 0.819. The van der Waals surface area contributed by atoms with Crippen LogP contribution in [0.2, 0.25) is 0 Å². The molecule has 0 bridgehead atoms. The summed E-state index contributed by atoms with van der Waals surface area (Å²) in [6, 6.07) is 0. The first-order chi connectivity index (χ1) is 10.5. The third-order valence-electron chi connectivity index (χ3n) is 3.18. The summed E-state index contributed by atoms with van der Waals surface area (Å²) in [4.78, 5) is 30.8. The van der Waals surface area contributed by atoms with Crippen LogP contribution in [0.3, 0.4) is 0 Å². The van der Waals surface area contributed by atoms with E-state index < -0.39 is 0 Å². The van der Waals surface area contributed by atoms with Gasteiger partial charge in [0, 0.05) is 19.5 Å². The van der Waals surface area contributed by atoms with Gasteiger partial charge in [-0.25, -0.2) is 4.98 Å². The summed E-state index contributed by atoms with van der Waals surface area (Å²) >= 11 is 1.34. The first-order valence-corrected chi connectivity index (χ1v) is 8.18. The number of morpholine rings is 1. The fourth-order valence-corrected chi connectivity index (χ4v) is 3.10. The van der Waals surface area contributed by atoms with E-state index in [4.69, 9.17) is 4.74 Å². The maximum Gasteiger partial charge on any atom is 0.281 e. The number of hydrogen-bond acceptors (Lipinski definition) is 6. The van der Waals surface area contributed by atoms with Crippen LogP contribution in [0.5, 0.6) is 0 Å². The first-order valence-electron chi connectivity index (χ1n) is 7.36. The van der Waals surface area contributed by atoms with E-state index in [2.05, 4.69) is 20.7 Å². The van der Waals surface area contributed by atoms with Crippen molar-refractivity contribution in [1.82, 2.24) is 15.8 Å². The standard InChI is InChI=1S/C14H22N4O3S/c1-9(2)8-11(19)16-17-13(20)12-10(3)15-14(22-12)18-4-6-21-7-5-18/h9H,4-8H2,1-3H3,(H,16,19)(H,17,20). The zero-order valence-corrected chi connectivity index (χ0v) is 14.0. The fraction of sp³-hybridized carbons (Fsp3) is 0.643. The number of nitrogens with one attached hydrogen (secondary N) is 2. The van der Waals surface area contributed by atoms with Gasteiger partial charge >= 0.3 is 0 Å². The van der Waals surface area contributed by atoms with Gasteiger partial charge in [-0.15, -0.1) is 0 Å². The van der Waals surface area contributed by atoms with E-state index in [0.717, 1.165) is 18.2 Å². The Morgan fingerprint density at radius 3 is 2.64 bits per heavy atom. The second-order valence-electron chi connectivity index (χ2n) is 5.61. The number of rotatable bonds is 4. The van der Waals surface area contributed by atoms with Crippen molar-refractivity contribution in [3.8, 4) is 0 Å². The summed E-state index contributed by atoms with van der Waals surface area (Å²) in [7, 11) is 0. The van der Waals surface area contributed by atoms with Crippen molar-refractivity contribution in [1.29, 1.82) is 0 Å². The Labute approximate surface area is 134 Å². The van der Waals surface area contributed by atoms with Gasteiger partial charge in [0.25, 0.3) is 5.91 Å². The van der Waals surface area contributed by atoms with Crippen molar-refractivity contribution in [2.24, 2.45) is 5.92 Å². The van der Waals surface area contributed by atoms with Crippen LogP contribution in [-0.4, -0.2) is 43.1 Å². The molecule has 2 amide bonds. The second kappa shape index (κ2) is 7.55. The van der Waals surface area contributed by atoms with E-state index in [1.54, 1.807) is 6.92 Å². The van der Waals surface area contributed by atoms with Gasteiger partial charge in [0.1, 0.15) is 4.88 Å². The molecule has 8 heteroatoms. The van der Waals surface area contributed by atoms with Crippen LogP contribution in [0.15, 0.2) is 0 Å². The van der Waals surface area contributed by atoms with E-state index in [9.17, 15) is 9.59 Å². The molecular formula is C14H22N4O3S. The molecule has 0 unspecified atom stereocenters. The monoisotopic (exact) mass is 326 g/mol. The van der Waals surface area contributed by atoms with Crippen molar-refractivity contribution in [3.63, 3.8) is 0 Å². The summed E-state index contributed by atoms with van der Waals surface area (Å²) in [5.41, 5.74) is 5.55. The zero-order chi connectivity index (χ0) is 16.1. The SMILES string of the molecule is Cc1nc(N2CCOCC2)sc1C(=O)NNC(=O)CC(C)C. The van der Waals surface area contributed by atoms with Gasteiger partial charge in [0.05, 0.1) is 18.9 Å². The van der Waals surface area contributed by atoms with Gasteiger partial charge in [-0.05, 0) is 12.8 Å². The minimum Gasteiger partial charge on any atom is -0.378 e. The van der Waals surface area contributed by atoms with E-state index in [0.29, 0.717) is 30.2 Å². The smallest absolute Gasteiger partial charge is 0.281 e. The number of hydrogen-bond donors (Lipinski definition) is 2. The number of aryl methyl sites for hydroxylation is 1. The van der Waals surface area contributed by atoms with Gasteiger partial charge in [-0.1, -0.05) is 25.2 Å². The van der Waals surface area contributed by atoms with Crippen LogP contribution in [0.4, 0.5) is 5.13 Å². The largest absolute Gasteiger partial charge is 0.378 e. The molecule has 1 aromatic rings. The molecule has 122 valence electrons. The van der Waals surface area contributed by atoms with E-state index >= 15 is 0 Å². The molecule has 0 radical (unpaired) electrons. The number of aromatic nitrogens is 1. The topological polar surface area (TPSA) is 83.6 Å². The third-order valence-corrected chi connectivity index (χ3v) is 4.40. The molecule has 0 spiro atoms. The lowest BCUT2D eigenvalue weighted by Gasteiger charge is -2.25. The molecule has 1 aromatic heterocycles. The molecule has 0 atom stereocenters. The van der Waals surface area contributed by atoms with Crippen molar-refractivity contribution in [2.75, 3.05) is 31.2 Å². The number of hydrazine groups is 1. The maximum absolute atomic E-state index is 12.2. The van der Waals surface area contributed by atoms with Crippen LogP contribution < -0.4 is 15.8 Å². The molecule has 0 aromatic carbocycles. The molecule has 0 aliphatic carbocycles. The number of thiazole rings is 1. The summed E-state index contributed by atoms with van der Waals surface area (Å²) in [5.74, 6) is -0.277. The highest BCUT2D eigenvalue weighted by Crippen LogP contribution is 2.26. The van der Waals surface area contributed by atoms with Crippen LogP contribution in [0.25, 0.3) is 0 Å². The molecule has 7 nitrogen and oxygen atoms in total. The summed E-state index contributed by atoms with van der Waals surface area (Å²) < 4.78 is 5.31. The van der Waals surface area contributed by atoms with Gasteiger partial charge in [-0.2, -0.15) is 0 Å². The van der Waals surface area contributed by atoms with Gasteiger partial charge in [0.15, 0.2) is 5.13 Å². The molecule has 2 rings (SSSR count). The molecule has 2 heterocycles. The minimum absolute atomic E-state index is 0.195. The lowest BCUT2D eigenvalue weighted by atomic mass is 10.1. The molecule has 1 fully saturated rings. The average molecular weight is 326 g/mol. The molecule has 22 heavy (non-hydrogen) atoms. The Hall–Kier alpha value is -1.67. The number of amides is 2. The van der Waals surface area contributed by atoms with Crippen LogP contribution in [0.1, 0.15) is 35.6 Å². The number of nitrogens with zero attached hydrogens (tertiary/aromatic N) is 2. The molecule has 1 aliphatic rings. The Morgan fingerprint density at radius 1 is 1.32 bits per heavy atom. The predicted molar refractivity (Wildman–Crippen MR) is 84.9 cm³/mol. The Morgan fingerprint density at radius 2 is 2.00 bits per heavy atom. The second-order valence-corrected chi connectivity index (χ2v) is 6.59. The van der Waals surface area contributed by atoms with Gasteiger partial charge in [-0.3, -0.25) is 20.4 Å². The molecule has 1 saturated heterocycles. The highest BCUT2D eigenvalue weighted by molar-refractivity contribution is 7.17. The lowest BCUT2D eigenvalue weighted by Crippen LogP contribution is -2.41. The Balaban J connectivity index is 1.95. The first kappa shape index (κ1) is 16.7. The van der Waals surface area contributed by atoms with E-state index in [1.165, 1.54) is 11.3 Å². The van der Waals surface area contributed by atoms with Crippen LogP contribution in [0, 0.1) is 12.8 Å². The summed E-state index contributed by atoms with van der Waals surface area (Å²) in [6.07, 6.45) is 0.376. The molecule has 0 saturated carbocycles. The Bertz CT molecular complexity index is 538. The highest BCUT2D eigenvalue weighted by Gasteiger charge is 2.20. The van der Waals surface area contributed by atoms with Gasteiger partial charge < -0.3 is 9.64 Å². The van der Waals surface area contributed by atoms with Crippen LogP contribution in [-0.2, 0) is 9.53 Å². The summed E-state index contributed by atoms with van der Waals surface area (Å²) in [6.45, 7) is 8.59. The normalized spacial score (nSPS) is 15.0. The van der Waals surface area contributed by atoms with Crippen molar-refractivity contribution in [3.05, 3.63) is 10.6 Å². The molecular weight excluding hydrogens is 304 g/mol. The van der Waals surface area contributed by atoms with Crippen molar-refractivity contribution < 1.29 is 14.3 Å². The number of carbonyl (C=O) groups excluding carboxylic acids is 2. The number of anilines is 1. The fourth-order valence-electron chi connectivity index (χ4n) is 2.09. The molecule has 2 N–H and O–H groups in total. The van der Waals surface area contributed by atoms with E-state index in [-0.39, 0.29) is 17.7 Å². The van der Waals surface area contributed by atoms with Crippen molar-refractivity contribution >= 4 is 28.3 Å². The average Bonchev–Trinajstić information content (AvgIpc) is 2.87. The highest BCUT2D eigenvalue weighted by atomic mass is 32.1. The van der Waals surface area contributed by atoms with Gasteiger partial charge in [0.2, 0.25) is 5.91 Å². The Kier molecular flexibility index (Phi) is 5.73. The third kappa shape index (κ3) is 4.41. The zero-order valence-electron chi connectivity index (χ0n) is 13.1. The van der Waals surface area contributed by atoms with E-state index in [1.807, 2.05) is 13.8 Å². The molecule has 1 aliphatic heterocycles. The quantitative estimate of drug-likeness (QED) is 0.810.